The van der Waals surface area contributed by atoms with E-state index in [0.29, 0.717) is 5.76 Å². The zero-order valence-corrected chi connectivity index (χ0v) is 19.5. The molecular weight excluding hydrogens is 448 g/mol. The first kappa shape index (κ1) is 22.9. The molecule has 1 amide bonds. The third-order valence-electron chi connectivity index (χ3n) is 6.04. The number of nitrogens with one attached hydrogen (secondary N) is 1. The lowest BCUT2D eigenvalue weighted by atomic mass is 9.98. The Morgan fingerprint density at radius 3 is 2.39 bits per heavy atom. The Morgan fingerprint density at radius 2 is 1.72 bits per heavy atom. The Morgan fingerprint density at radius 1 is 1.00 bits per heavy atom. The van der Waals surface area contributed by atoms with Gasteiger partial charge >= 0.3 is 0 Å². The molecule has 1 N–H and O–H groups in total. The van der Waals surface area contributed by atoms with Crippen molar-refractivity contribution in [3.05, 3.63) is 131 Å². The zero-order valence-electron chi connectivity index (χ0n) is 19.5. The van der Waals surface area contributed by atoms with Crippen molar-refractivity contribution >= 4 is 23.4 Å². The molecule has 5 rings (SSSR count). The molecule has 6 heteroatoms. The molecule has 1 aliphatic heterocycles. The van der Waals surface area contributed by atoms with Crippen LogP contribution in [0.3, 0.4) is 0 Å². The predicted octanol–water partition coefficient (Wildman–Crippen LogP) is 5.86. The van der Waals surface area contributed by atoms with Crippen LogP contribution in [0.2, 0.25) is 0 Å². The molecule has 1 aliphatic rings. The Hall–Kier alpha value is -4.89. The third-order valence-corrected chi connectivity index (χ3v) is 6.04. The van der Waals surface area contributed by atoms with E-state index in [-0.39, 0.29) is 18.2 Å². The summed E-state index contributed by atoms with van der Waals surface area (Å²) in [6.45, 7) is 0.224. The lowest BCUT2D eigenvalue weighted by Gasteiger charge is -2.24. The number of benzene rings is 3. The molecule has 0 bridgehead atoms. The molecule has 0 fully saturated rings. The van der Waals surface area contributed by atoms with Crippen LogP contribution in [0.5, 0.6) is 0 Å². The molecule has 1 atom stereocenters. The van der Waals surface area contributed by atoms with Gasteiger partial charge in [-0.2, -0.15) is 10.4 Å². The molecule has 1 unspecified atom stereocenters. The number of hydrazone groups is 1. The summed E-state index contributed by atoms with van der Waals surface area (Å²) in [5.74, 6) is 0.178. The molecule has 6 nitrogen and oxygen atoms in total. The van der Waals surface area contributed by atoms with Crippen molar-refractivity contribution in [3.63, 3.8) is 0 Å². The molecule has 3 aromatic carbocycles. The van der Waals surface area contributed by atoms with Crippen LogP contribution < -0.4 is 10.3 Å². The Bertz CT molecular complexity index is 1420. The molecule has 0 radical (unpaired) electrons. The van der Waals surface area contributed by atoms with Crippen LogP contribution in [0.4, 0.5) is 5.69 Å². The average Bonchev–Trinajstić information content (AvgIpc) is 3.62. The van der Waals surface area contributed by atoms with Gasteiger partial charge in [-0.15, -0.1) is 0 Å². The Labute approximate surface area is 209 Å². The summed E-state index contributed by atoms with van der Waals surface area (Å²) in [7, 11) is 0. The van der Waals surface area contributed by atoms with Crippen LogP contribution in [-0.4, -0.2) is 11.6 Å². The van der Waals surface area contributed by atoms with Gasteiger partial charge in [0.25, 0.3) is 5.91 Å². The van der Waals surface area contributed by atoms with Gasteiger partial charge in [-0.05, 0) is 47.0 Å². The maximum absolute atomic E-state index is 12.5. The number of furan rings is 1. The molecule has 0 saturated heterocycles. The fraction of sp³-hybridized carbons (Fsp3) is 0.100. The van der Waals surface area contributed by atoms with E-state index in [9.17, 15) is 10.1 Å². The third kappa shape index (κ3) is 5.11. The smallest absolute Gasteiger partial charge is 0.262 e. The van der Waals surface area contributed by atoms with E-state index >= 15 is 0 Å². The second kappa shape index (κ2) is 10.6. The van der Waals surface area contributed by atoms with E-state index in [4.69, 9.17) is 9.52 Å². The summed E-state index contributed by atoms with van der Waals surface area (Å²) in [6, 6.07) is 33.9. The Kier molecular flexibility index (Phi) is 6.72. The summed E-state index contributed by atoms with van der Waals surface area (Å²) in [5, 5.41) is 19.2. The highest BCUT2D eigenvalue weighted by atomic mass is 16.3. The van der Waals surface area contributed by atoms with E-state index in [1.165, 1.54) is 5.56 Å². The van der Waals surface area contributed by atoms with Crippen molar-refractivity contribution in [1.82, 2.24) is 5.32 Å². The van der Waals surface area contributed by atoms with Crippen molar-refractivity contribution in [2.24, 2.45) is 5.10 Å². The van der Waals surface area contributed by atoms with Gasteiger partial charge in [0.1, 0.15) is 17.4 Å². The number of nitriles is 1. The number of carbonyl (C=O) groups is 1. The minimum absolute atomic E-state index is 0.0297. The largest absolute Gasteiger partial charge is 0.467 e. The van der Waals surface area contributed by atoms with Gasteiger partial charge in [0.05, 0.1) is 30.2 Å². The number of hydrogen-bond donors (Lipinski definition) is 1. The highest BCUT2D eigenvalue weighted by molar-refractivity contribution is 6.03. The van der Waals surface area contributed by atoms with E-state index in [2.05, 4.69) is 29.6 Å². The van der Waals surface area contributed by atoms with Crippen molar-refractivity contribution in [1.29, 1.82) is 5.26 Å². The van der Waals surface area contributed by atoms with Gasteiger partial charge in [-0.3, -0.25) is 9.80 Å². The molecule has 0 saturated carbocycles. The second-order valence-corrected chi connectivity index (χ2v) is 8.41. The fourth-order valence-electron chi connectivity index (χ4n) is 4.20. The molecular formula is C30H24N4O2. The first-order valence-corrected chi connectivity index (χ1v) is 11.7. The molecule has 176 valence electrons. The molecule has 0 aliphatic carbocycles. The van der Waals surface area contributed by atoms with E-state index in [0.717, 1.165) is 28.9 Å². The maximum atomic E-state index is 12.5. The number of nitrogens with zero attached hydrogens (tertiary/aromatic N) is 3. The number of rotatable bonds is 7. The van der Waals surface area contributed by atoms with Crippen molar-refractivity contribution in [2.75, 3.05) is 5.01 Å². The molecule has 36 heavy (non-hydrogen) atoms. The minimum atomic E-state index is -0.446. The van der Waals surface area contributed by atoms with Crippen LogP contribution in [0.25, 0.3) is 6.08 Å². The Balaban J connectivity index is 1.37. The van der Waals surface area contributed by atoms with E-state index in [1.807, 2.05) is 71.7 Å². The number of anilines is 1. The van der Waals surface area contributed by atoms with Gasteiger partial charge in [-0.1, -0.05) is 72.8 Å². The van der Waals surface area contributed by atoms with Crippen LogP contribution in [0, 0.1) is 11.3 Å². The molecule has 2 heterocycles. The molecule has 4 aromatic rings. The summed E-state index contributed by atoms with van der Waals surface area (Å²) >= 11 is 0. The zero-order chi connectivity index (χ0) is 24.7. The normalized spacial score (nSPS) is 15.3. The summed E-state index contributed by atoms with van der Waals surface area (Å²) in [4.78, 5) is 12.5. The van der Waals surface area contributed by atoms with Crippen molar-refractivity contribution in [3.8, 4) is 6.07 Å². The predicted molar refractivity (Wildman–Crippen MR) is 140 cm³/mol. The average molecular weight is 473 g/mol. The van der Waals surface area contributed by atoms with Crippen molar-refractivity contribution in [2.45, 2.75) is 19.0 Å². The molecule has 0 spiro atoms. The van der Waals surface area contributed by atoms with Crippen LogP contribution >= 0.6 is 0 Å². The van der Waals surface area contributed by atoms with Gasteiger partial charge in [0, 0.05) is 6.42 Å². The van der Waals surface area contributed by atoms with Gasteiger partial charge in [-0.25, -0.2) is 0 Å². The first-order valence-electron chi connectivity index (χ1n) is 11.7. The lowest BCUT2D eigenvalue weighted by molar-refractivity contribution is -0.117. The van der Waals surface area contributed by atoms with Crippen LogP contribution in [-0.2, 0) is 11.3 Å². The maximum Gasteiger partial charge on any atom is 0.262 e. The van der Waals surface area contributed by atoms with Gasteiger partial charge in [0.15, 0.2) is 0 Å². The summed E-state index contributed by atoms with van der Waals surface area (Å²) < 4.78 is 5.22. The highest BCUT2D eigenvalue weighted by Gasteiger charge is 2.29. The van der Waals surface area contributed by atoms with Crippen LogP contribution in [0.1, 0.15) is 34.9 Å². The van der Waals surface area contributed by atoms with Gasteiger partial charge in [0.2, 0.25) is 0 Å². The molecule has 1 aromatic heterocycles. The quantitative estimate of drug-likeness (QED) is 0.270. The lowest BCUT2D eigenvalue weighted by Crippen LogP contribution is -2.23. The monoisotopic (exact) mass is 472 g/mol. The van der Waals surface area contributed by atoms with Crippen LogP contribution in [0.15, 0.2) is 118 Å². The standard InChI is InChI=1S/C30H24N4O2/c31-20-25(30(35)32-21-27-12-7-17-36-27)18-22-13-15-26(16-14-22)34-29(24-10-5-2-6-11-24)19-28(33-34)23-8-3-1-4-9-23/h1-18,29H,19,21H2,(H,32,35). The number of carbonyl (C=O) groups excluding carboxylic acids is 1. The van der Waals surface area contributed by atoms with Crippen molar-refractivity contribution < 1.29 is 9.21 Å². The first-order chi connectivity index (χ1) is 17.7. The number of hydrogen-bond acceptors (Lipinski definition) is 5. The summed E-state index contributed by atoms with van der Waals surface area (Å²) in [5.41, 5.74) is 5.06. The fourth-order valence-corrected chi connectivity index (χ4v) is 4.20. The topological polar surface area (TPSA) is 81.6 Å². The number of amides is 1. The van der Waals surface area contributed by atoms with Gasteiger partial charge < -0.3 is 9.73 Å². The SMILES string of the molecule is N#CC(=Cc1ccc(N2N=C(c3ccccc3)CC2c2ccccc2)cc1)C(=O)NCc1ccco1. The second-order valence-electron chi connectivity index (χ2n) is 8.41. The highest BCUT2D eigenvalue weighted by Crippen LogP contribution is 2.36. The van der Waals surface area contributed by atoms with E-state index < -0.39 is 5.91 Å². The summed E-state index contributed by atoms with van der Waals surface area (Å²) in [6.07, 6.45) is 3.92. The minimum Gasteiger partial charge on any atom is -0.467 e. The van der Waals surface area contributed by atoms with E-state index in [1.54, 1.807) is 24.5 Å².